The molecule has 1 fully saturated rings. The predicted octanol–water partition coefficient (Wildman–Crippen LogP) is 3.86. The van der Waals surface area contributed by atoms with Crippen LogP contribution < -0.4 is 4.74 Å². The fraction of sp³-hybridized carbons (Fsp3) is 0.448. The highest BCUT2D eigenvalue weighted by Gasteiger charge is 2.45. The zero-order chi connectivity index (χ0) is 27.8. The molecule has 0 saturated heterocycles. The first kappa shape index (κ1) is 29.2. The minimum atomic E-state index is -1.78. The van der Waals surface area contributed by atoms with Crippen molar-refractivity contribution < 1.29 is 29.3 Å². The lowest BCUT2D eigenvalue weighted by molar-refractivity contribution is -0.169. The van der Waals surface area contributed by atoms with Crippen LogP contribution in [0.2, 0.25) is 0 Å². The summed E-state index contributed by atoms with van der Waals surface area (Å²) in [7, 11) is 3.83. The number of esters is 1. The minimum absolute atomic E-state index is 0.0309. The number of hydrogen-bond donors (Lipinski definition) is 2. The van der Waals surface area contributed by atoms with E-state index >= 15 is 0 Å². The number of hydrogen-bond acceptors (Lipinski definition) is 9. The maximum absolute atomic E-state index is 13.2. The molecule has 0 radical (unpaired) electrons. The Kier molecular flexibility index (Phi) is 10.1. The fourth-order valence-corrected chi connectivity index (χ4v) is 6.41. The van der Waals surface area contributed by atoms with Crippen molar-refractivity contribution in [1.29, 1.82) is 0 Å². The monoisotopic (exact) mass is 572 g/mol. The van der Waals surface area contributed by atoms with Crippen molar-refractivity contribution >= 4 is 34.6 Å². The highest BCUT2D eigenvalue weighted by Crippen LogP contribution is 2.38. The van der Waals surface area contributed by atoms with E-state index in [0.717, 1.165) is 37.8 Å². The third-order valence-corrected chi connectivity index (χ3v) is 9.23. The molecule has 4 rings (SSSR count). The van der Waals surface area contributed by atoms with E-state index in [1.165, 1.54) is 22.7 Å². The van der Waals surface area contributed by atoms with Crippen LogP contribution in [0.4, 0.5) is 0 Å². The average molecular weight is 573 g/mol. The number of aliphatic hydroxyl groups excluding tert-OH is 1. The number of likely N-dealkylation sites (N-methyl/N-ethyl adjacent to an activating group) is 2. The van der Waals surface area contributed by atoms with E-state index in [1.807, 2.05) is 22.9 Å². The third kappa shape index (κ3) is 7.26. The summed E-state index contributed by atoms with van der Waals surface area (Å²) >= 11 is 2.68. The topological polar surface area (TPSA) is 99.5 Å². The van der Waals surface area contributed by atoms with Gasteiger partial charge >= 0.3 is 5.97 Å². The lowest BCUT2D eigenvalue weighted by Crippen LogP contribution is -2.44. The van der Waals surface area contributed by atoms with Crippen molar-refractivity contribution in [1.82, 2.24) is 9.80 Å². The summed E-state index contributed by atoms with van der Waals surface area (Å²) in [5.41, 5.74) is -0.987. The number of benzene rings is 1. The van der Waals surface area contributed by atoms with E-state index in [-0.39, 0.29) is 25.2 Å². The number of aliphatic hydroxyl groups is 2. The first-order chi connectivity index (χ1) is 18.8. The standard InChI is InChI=1S/C29H36N2O6S2/c1-30(15-16-31(2)27(33)20-36-23-11-7-21(19-32)8-12-23)22-9-13-24(14-10-22)37-28(34)29(35,25-5-3-17-38-25)26-6-4-18-39-26/h3-8,11-12,17-18,22,24,32,35H,9-10,13-16,19-20H2,1-2H3. The van der Waals surface area contributed by atoms with E-state index < -0.39 is 11.6 Å². The summed E-state index contributed by atoms with van der Waals surface area (Å²) in [6.45, 7) is 1.22. The van der Waals surface area contributed by atoms with Gasteiger partial charge in [-0.15, -0.1) is 22.7 Å². The van der Waals surface area contributed by atoms with Gasteiger partial charge in [-0.25, -0.2) is 4.79 Å². The van der Waals surface area contributed by atoms with Crippen molar-refractivity contribution in [3.8, 4) is 5.75 Å². The zero-order valence-electron chi connectivity index (χ0n) is 22.3. The van der Waals surface area contributed by atoms with Gasteiger partial charge in [0.05, 0.1) is 16.4 Å². The molecule has 2 aromatic heterocycles. The van der Waals surface area contributed by atoms with Crippen LogP contribution in [-0.4, -0.2) is 77.8 Å². The molecule has 1 aromatic carbocycles. The molecule has 1 aliphatic rings. The van der Waals surface area contributed by atoms with Gasteiger partial charge in [0.2, 0.25) is 5.60 Å². The normalized spacial score (nSPS) is 17.7. The molecular formula is C29H36N2O6S2. The maximum atomic E-state index is 13.2. The first-order valence-electron chi connectivity index (χ1n) is 13.1. The molecule has 0 spiro atoms. The van der Waals surface area contributed by atoms with Crippen LogP contribution in [0.5, 0.6) is 5.75 Å². The Bertz CT molecular complexity index is 1140. The van der Waals surface area contributed by atoms with E-state index in [1.54, 1.807) is 48.3 Å². The molecule has 3 aromatic rings. The second-order valence-electron chi connectivity index (χ2n) is 9.89. The quantitative estimate of drug-likeness (QED) is 0.318. The van der Waals surface area contributed by atoms with Gasteiger partial charge in [-0.3, -0.25) is 4.79 Å². The third-order valence-electron chi connectivity index (χ3n) is 7.27. The van der Waals surface area contributed by atoms with Gasteiger partial charge < -0.3 is 29.5 Å². The number of carbonyl (C=O) groups is 2. The molecule has 8 nitrogen and oxygen atoms in total. The molecule has 39 heavy (non-hydrogen) atoms. The number of ether oxygens (including phenoxy) is 2. The van der Waals surface area contributed by atoms with Gasteiger partial charge in [-0.2, -0.15) is 0 Å². The maximum Gasteiger partial charge on any atom is 0.349 e. The smallest absolute Gasteiger partial charge is 0.349 e. The summed E-state index contributed by atoms with van der Waals surface area (Å²) in [5, 5.41) is 24.3. The Morgan fingerprint density at radius 2 is 1.56 bits per heavy atom. The van der Waals surface area contributed by atoms with Crippen molar-refractivity contribution in [2.75, 3.05) is 33.8 Å². The summed E-state index contributed by atoms with van der Waals surface area (Å²) in [6, 6.07) is 14.5. The molecule has 1 amide bonds. The Labute approximate surface area is 237 Å². The highest BCUT2D eigenvalue weighted by molar-refractivity contribution is 7.12. The minimum Gasteiger partial charge on any atom is -0.484 e. The molecule has 0 aliphatic heterocycles. The Hall–Kier alpha value is -2.76. The van der Waals surface area contributed by atoms with Crippen LogP contribution >= 0.6 is 22.7 Å². The van der Waals surface area contributed by atoms with Gasteiger partial charge in [0, 0.05) is 26.2 Å². The molecular weight excluding hydrogens is 536 g/mol. The van der Waals surface area contributed by atoms with E-state index in [9.17, 15) is 14.7 Å². The summed E-state index contributed by atoms with van der Waals surface area (Å²) < 4.78 is 11.4. The number of thiophene rings is 2. The molecule has 0 atom stereocenters. The second-order valence-corrected chi connectivity index (χ2v) is 11.8. The average Bonchev–Trinajstić information content (AvgIpc) is 3.70. The zero-order valence-corrected chi connectivity index (χ0v) is 24.0. The van der Waals surface area contributed by atoms with Crippen LogP contribution in [0.3, 0.4) is 0 Å². The van der Waals surface area contributed by atoms with Crippen LogP contribution in [0.1, 0.15) is 41.0 Å². The van der Waals surface area contributed by atoms with Crippen LogP contribution in [-0.2, 0) is 26.5 Å². The van der Waals surface area contributed by atoms with E-state index in [2.05, 4.69) is 11.9 Å². The van der Waals surface area contributed by atoms with Gasteiger partial charge in [0.25, 0.3) is 5.91 Å². The van der Waals surface area contributed by atoms with Crippen LogP contribution in [0.25, 0.3) is 0 Å². The second kappa shape index (κ2) is 13.5. The van der Waals surface area contributed by atoms with Gasteiger partial charge in [-0.1, -0.05) is 24.3 Å². The van der Waals surface area contributed by atoms with Crippen LogP contribution in [0.15, 0.2) is 59.3 Å². The largest absolute Gasteiger partial charge is 0.484 e. The molecule has 2 N–H and O–H groups in total. The van der Waals surface area contributed by atoms with Gasteiger partial charge in [0.1, 0.15) is 11.9 Å². The Morgan fingerprint density at radius 1 is 0.949 bits per heavy atom. The number of nitrogens with zero attached hydrogens (tertiary/aromatic N) is 2. The summed E-state index contributed by atoms with van der Waals surface area (Å²) in [4.78, 5) is 30.8. The molecule has 210 valence electrons. The number of amides is 1. The van der Waals surface area contributed by atoms with Crippen molar-refractivity contribution in [2.45, 2.75) is 50.0 Å². The van der Waals surface area contributed by atoms with E-state index in [0.29, 0.717) is 28.1 Å². The molecule has 2 heterocycles. The van der Waals surface area contributed by atoms with Crippen molar-refractivity contribution in [2.24, 2.45) is 0 Å². The summed E-state index contributed by atoms with van der Waals surface area (Å²) in [6.07, 6.45) is 2.96. The van der Waals surface area contributed by atoms with Crippen molar-refractivity contribution in [3.63, 3.8) is 0 Å². The van der Waals surface area contributed by atoms with Crippen LogP contribution in [0, 0.1) is 0 Å². The molecule has 0 bridgehead atoms. The first-order valence-corrected chi connectivity index (χ1v) is 14.9. The number of carbonyl (C=O) groups excluding carboxylic acids is 2. The van der Waals surface area contributed by atoms with E-state index in [4.69, 9.17) is 14.6 Å². The molecule has 10 heteroatoms. The van der Waals surface area contributed by atoms with Crippen molar-refractivity contribution in [3.05, 3.63) is 74.6 Å². The fourth-order valence-electron chi connectivity index (χ4n) is 4.69. The Balaban J connectivity index is 1.20. The number of rotatable bonds is 12. The van der Waals surface area contributed by atoms with Gasteiger partial charge in [-0.05, 0) is 73.3 Å². The molecule has 1 saturated carbocycles. The molecule has 0 unspecified atom stereocenters. The predicted molar refractivity (Wildman–Crippen MR) is 152 cm³/mol. The Morgan fingerprint density at radius 3 is 2.10 bits per heavy atom. The van der Waals surface area contributed by atoms with Gasteiger partial charge in [0.15, 0.2) is 6.61 Å². The molecule has 1 aliphatic carbocycles. The summed E-state index contributed by atoms with van der Waals surface area (Å²) in [5.74, 6) is -0.127. The lowest BCUT2D eigenvalue weighted by Gasteiger charge is -2.36. The highest BCUT2D eigenvalue weighted by atomic mass is 32.1. The SMILES string of the molecule is CN(CCN(C)C1CCC(OC(=O)C(O)(c2cccs2)c2cccs2)CC1)C(=O)COc1ccc(CO)cc1. The lowest BCUT2D eigenvalue weighted by atomic mass is 9.91.